The Labute approximate surface area is 190 Å². The van der Waals surface area contributed by atoms with Crippen LogP contribution in [0.2, 0.25) is 0 Å². The minimum atomic E-state index is -0.679. The monoisotopic (exact) mass is 471 g/mol. The zero-order valence-electron chi connectivity index (χ0n) is 18.0. The zero-order chi connectivity index (χ0) is 24.4. The molecule has 1 amide bonds. The number of hydrogen-bond donors (Lipinski definition) is 1. The molecule has 0 fully saturated rings. The number of carbonyl (C=O) groups is 1. The maximum absolute atomic E-state index is 14.0. The van der Waals surface area contributed by atoms with E-state index >= 15 is 0 Å². The fraction of sp³-hybridized carbons (Fsp3) is 0.227. The fourth-order valence-electron chi connectivity index (χ4n) is 3.56. The Kier molecular flexibility index (Phi) is 6.21. The molecule has 2 aromatic carbocycles. The Hall–Kier alpha value is -4.35. The Morgan fingerprint density at radius 2 is 2.03 bits per heavy atom. The molecule has 0 radical (unpaired) electrons. The first-order valence-electron chi connectivity index (χ1n) is 10.3. The summed E-state index contributed by atoms with van der Waals surface area (Å²) in [6.07, 6.45) is 1.83. The predicted molar refractivity (Wildman–Crippen MR) is 117 cm³/mol. The van der Waals surface area contributed by atoms with Gasteiger partial charge in [-0.25, -0.2) is 18.3 Å². The zero-order valence-corrected chi connectivity index (χ0v) is 18.0. The molecule has 0 bridgehead atoms. The van der Waals surface area contributed by atoms with Crippen LogP contribution in [0.4, 0.5) is 20.3 Å². The summed E-state index contributed by atoms with van der Waals surface area (Å²) >= 11 is 0. The predicted octanol–water partition coefficient (Wildman–Crippen LogP) is 3.75. The van der Waals surface area contributed by atoms with Gasteiger partial charge in [-0.3, -0.25) is 19.5 Å². The van der Waals surface area contributed by atoms with Crippen LogP contribution in [-0.2, 0) is 17.9 Å². The molecule has 34 heavy (non-hydrogen) atoms. The van der Waals surface area contributed by atoms with Gasteiger partial charge >= 0.3 is 5.76 Å². The molecule has 0 unspecified atom stereocenters. The average Bonchev–Trinajstić information content (AvgIpc) is 3.29. The van der Waals surface area contributed by atoms with Gasteiger partial charge in [0.05, 0.1) is 29.2 Å². The Bertz CT molecular complexity index is 1460. The Morgan fingerprint density at radius 3 is 2.79 bits per heavy atom. The minimum Gasteiger partial charge on any atom is -0.407 e. The number of aryl methyl sites for hydroxylation is 2. The van der Waals surface area contributed by atoms with Crippen LogP contribution in [0.1, 0.15) is 24.0 Å². The molecule has 12 heteroatoms. The summed E-state index contributed by atoms with van der Waals surface area (Å²) in [6.45, 7) is 1.80. The molecule has 4 rings (SSSR count). The number of hydrogen-bond acceptors (Lipinski definition) is 6. The molecule has 4 aromatic rings. The summed E-state index contributed by atoms with van der Waals surface area (Å²) in [5.74, 6) is -1.85. The molecule has 10 nitrogen and oxygen atoms in total. The number of nitrogens with zero attached hydrogens (tertiary/aromatic N) is 4. The van der Waals surface area contributed by atoms with Crippen LogP contribution in [0, 0.1) is 28.7 Å². The van der Waals surface area contributed by atoms with E-state index in [0.29, 0.717) is 16.9 Å². The van der Waals surface area contributed by atoms with E-state index in [9.17, 15) is 28.5 Å². The summed E-state index contributed by atoms with van der Waals surface area (Å²) in [5.41, 5.74) is 1.02. The van der Waals surface area contributed by atoms with Crippen LogP contribution in [-0.4, -0.2) is 25.2 Å². The van der Waals surface area contributed by atoms with Crippen LogP contribution in [0.3, 0.4) is 0 Å². The number of aromatic nitrogens is 3. The number of benzene rings is 2. The highest BCUT2D eigenvalue weighted by Crippen LogP contribution is 2.21. The molecule has 0 saturated heterocycles. The van der Waals surface area contributed by atoms with Crippen molar-refractivity contribution in [3.63, 3.8) is 0 Å². The normalized spacial score (nSPS) is 11.1. The summed E-state index contributed by atoms with van der Waals surface area (Å²) in [7, 11) is 0. The van der Waals surface area contributed by atoms with Crippen molar-refractivity contribution in [1.29, 1.82) is 0 Å². The standard InChI is InChI=1S/C22H19F2N5O5/c1-13-11-25-28(12-14-9-15(23)4-6-17(14)24)21(13)26-20(30)3-2-8-27-18-7-5-16(29(32)33)10-19(18)34-22(27)31/h4-7,9-11H,2-3,8,12H2,1H3,(H,26,30). The van der Waals surface area contributed by atoms with Gasteiger partial charge in [0.1, 0.15) is 17.5 Å². The first-order chi connectivity index (χ1) is 16.2. The van der Waals surface area contributed by atoms with Crippen molar-refractivity contribution < 1.29 is 22.9 Å². The molecule has 0 spiro atoms. The topological polar surface area (TPSA) is 125 Å². The SMILES string of the molecule is Cc1cnn(Cc2cc(F)ccc2F)c1NC(=O)CCCn1c(=O)oc2cc([N+](=O)[O-])ccc21. The van der Waals surface area contributed by atoms with Gasteiger partial charge in [0, 0.05) is 30.2 Å². The second-order valence-electron chi connectivity index (χ2n) is 7.65. The van der Waals surface area contributed by atoms with E-state index in [4.69, 9.17) is 4.42 Å². The number of nitrogens with one attached hydrogen (secondary N) is 1. The number of anilines is 1. The van der Waals surface area contributed by atoms with E-state index < -0.39 is 22.3 Å². The van der Waals surface area contributed by atoms with Crippen molar-refractivity contribution in [3.8, 4) is 0 Å². The molecule has 0 atom stereocenters. The molecule has 0 aliphatic rings. The van der Waals surface area contributed by atoms with Gasteiger partial charge in [0.2, 0.25) is 5.91 Å². The lowest BCUT2D eigenvalue weighted by Gasteiger charge is -2.11. The van der Waals surface area contributed by atoms with Crippen LogP contribution in [0.25, 0.3) is 11.1 Å². The molecule has 0 saturated carbocycles. The second kappa shape index (κ2) is 9.25. The fourth-order valence-corrected chi connectivity index (χ4v) is 3.56. The summed E-state index contributed by atoms with van der Waals surface area (Å²) in [5, 5.41) is 17.7. The quantitative estimate of drug-likeness (QED) is 0.308. The molecule has 0 aliphatic heterocycles. The number of rotatable bonds is 8. The maximum Gasteiger partial charge on any atom is 0.419 e. The van der Waals surface area contributed by atoms with E-state index in [-0.39, 0.29) is 48.7 Å². The van der Waals surface area contributed by atoms with Gasteiger partial charge in [0.15, 0.2) is 5.58 Å². The van der Waals surface area contributed by atoms with Crippen molar-refractivity contribution in [2.24, 2.45) is 0 Å². The lowest BCUT2D eigenvalue weighted by atomic mass is 10.2. The van der Waals surface area contributed by atoms with Crippen LogP contribution < -0.4 is 11.1 Å². The smallest absolute Gasteiger partial charge is 0.407 e. The molecule has 0 aliphatic carbocycles. The second-order valence-corrected chi connectivity index (χ2v) is 7.65. The van der Waals surface area contributed by atoms with Crippen molar-refractivity contribution in [1.82, 2.24) is 14.3 Å². The van der Waals surface area contributed by atoms with E-state index in [1.165, 1.54) is 33.6 Å². The largest absolute Gasteiger partial charge is 0.419 e. The number of non-ortho nitro benzene ring substituents is 1. The van der Waals surface area contributed by atoms with Crippen LogP contribution in [0.15, 0.2) is 51.8 Å². The van der Waals surface area contributed by atoms with Crippen molar-refractivity contribution in [3.05, 3.63) is 86.0 Å². The summed E-state index contributed by atoms with van der Waals surface area (Å²) in [6, 6.07) is 6.98. The third-order valence-electron chi connectivity index (χ3n) is 5.26. The van der Waals surface area contributed by atoms with Crippen molar-refractivity contribution in [2.75, 3.05) is 5.32 Å². The van der Waals surface area contributed by atoms with Gasteiger partial charge in [-0.1, -0.05) is 0 Å². The lowest BCUT2D eigenvalue weighted by molar-refractivity contribution is -0.384. The molecular formula is C22H19F2N5O5. The highest BCUT2D eigenvalue weighted by molar-refractivity contribution is 5.90. The van der Waals surface area contributed by atoms with Gasteiger partial charge in [-0.2, -0.15) is 5.10 Å². The van der Waals surface area contributed by atoms with Crippen LogP contribution in [0.5, 0.6) is 0 Å². The average molecular weight is 471 g/mol. The number of nitro groups is 1. The van der Waals surface area contributed by atoms with Gasteiger partial charge in [-0.05, 0) is 37.6 Å². The molecular weight excluding hydrogens is 452 g/mol. The number of fused-ring (bicyclic) bond motifs is 1. The summed E-state index contributed by atoms with van der Waals surface area (Å²) < 4.78 is 35.2. The van der Waals surface area contributed by atoms with E-state index in [1.807, 2.05) is 0 Å². The number of halogens is 2. The van der Waals surface area contributed by atoms with Crippen molar-refractivity contribution >= 4 is 28.5 Å². The third kappa shape index (κ3) is 4.70. The molecule has 2 aromatic heterocycles. The molecule has 176 valence electrons. The Balaban J connectivity index is 1.41. The minimum absolute atomic E-state index is 0.0467. The number of oxazole rings is 1. The third-order valence-corrected chi connectivity index (χ3v) is 5.26. The van der Waals surface area contributed by atoms with Crippen LogP contribution >= 0.6 is 0 Å². The van der Waals surface area contributed by atoms with Gasteiger partial charge < -0.3 is 9.73 Å². The Morgan fingerprint density at radius 1 is 1.24 bits per heavy atom. The van der Waals surface area contributed by atoms with Crippen molar-refractivity contribution in [2.45, 2.75) is 32.9 Å². The van der Waals surface area contributed by atoms with Gasteiger partial charge in [0.25, 0.3) is 5.69 Å². The highest BCUT2D eigenvalue weighted by atomic mass is 19.1. The number of carbonyl (C=O) groups excluding carboxylic acids is 1. The van der Waals surface area contributed by atoms with E-state index in [2.05, 4.69) is 10.4 Å². The maximum atomic E-state index is 14.0. The lowest BCUT2D eigenvalue weighted by Crippen LogP contribution is -2.19. The molecule has 1 N–H and O–H groups in total. The first-order valence-corrected chi connectivity index (χ1v) is 10.3. The number of amides is 1. The summed E-state index contributed by atoms with van der Waals surface area (Å²) in [4.78, 5) is 34.9. The number of nitro benzene ring substituents is 1. The highest BCUT2D eigenvalue weighted by Gasteiger charge is 2.16. The van der Waals surface area contributed by atoms with E-state index in [0.717, 1.165) is 18.2 Å². The first kappa shape index (κ1) is 22.8. The molecule has 2 heterocycles. The van der Waals surface area contributed by atoms with Gasteiger partial charge in [-0.15, -0.1) is 0 Å². The van der Waals surface area contributed by atoms with E-state index in [1.54, 1.807) is 6.92 Å².